The van der Waals surface area contributed by atoms with Gasteiger partial charge in [0, 0.05) is 0 Å². The standard InChI is InChI=1S/C25H27NO2/c1-4-22(28-23-16-15-18(2)17-19(23)3)25(27)26-24(20-11-7-5-8-12-20)21-13-9-6-10-14-21/h5-17,22,24H,4H2,1-3H3,(H,26,27)/t22-/m0/s1. The van der Waals surface area contributed by atoms with Crippen LogP contribution in [-0.4, -0.2) is 12.0 Å². The third kappa shape index (κ3) is 4.80. The van der Waals surface area contributed by atoms with Crippen LogP contribution in [0.15, 0.2) is 78.9 Å². The summed E-state index contributed by atoms with van der Waals surface area (Å²) in [4.78, 5) is 13.1. The second-order valence-corrected chi connectivity index (χ2v) is 7.05. The number of ether oxygens (including phenoxy) is 1. The number of nitrogens with one attached hydrogen (secondary N) is 1. The van der Waals surface area contributed by atoms with E-state index in [9.17, 15) is 4.79 Å². The molecule has 1 N–H and O–H groups in total. The van der Waals surface area contributed by atoms with E-state index in [1.54, 1.807) is 0 Å². The van der Waals surface area contributed by atoms with Gasteiger partial charge in [-0.1, -0.05) is 85.3 Å². The quantitative estimate of drug-likeness (QED) is 0.605. The summed E-state index contributed by atoms with van der Waals surface area (Å²) in [5, 5.41) is 3.19. The van der Waals surface area contributed by atoms with Gasteiger partial charge in [-0.05, 0) is 43.0 Å². The molecular formula is C25H27NO2. The van der Waals surface area contributed by atoms with Crippen LogP contribution in [0.4, 0.5) is 0 Å². The van der Waals surface area contributed by atoms with E-state index in [-0.39, 0.29) is 11.9 Å². The van der Waals surface area contributed by atoms with Gasteiger partial charge in [-0.3, -0.25) is 4.79 Å². The number of benzene rings is 3. The topological polar surface area (TPSA) is 38.3 Å². The van der Waals surface area contributed by atoms with Crippen molar-refractivity contribution < 1.29 is 9.53 Å². The van der Waals surface area contributed by atoms with Gasteiger partial charge in [0.25, 0.3) is 5.91 Å². The van der Waals surface area contributed by atoms with Gasteiger partial charge >= 0.3 is 0 Å². The minimum atomic E-state index is -0.545. The predicted molar refractivity (Wildman–Crippen MR) is 113 cm³/mol. The lowest BCUT2D eigenvalue weighted by Crippen LogP contribution is -2.40. The van der Waals surface area contributed by atoms with Crippen molar-refractivity contribution in [2.45, 2.75) is 39.3 Å². The van der Waals surface area contributed by atoms with E-state index < -0.39 is 6.10 Å². The zero-order valence-electron chi connectivity index (χ0n) is 16.7. The zero-order valence-corrected chi connectivity index (χ0v) is 16.7. The first-order valence-electron chi connectivity index (χ1n) is 9.72. The Hall–Kier alpha value is -3.07. The highest BCUT2D eigenvalue weighted by Gasteiger charge is 2.24. The third-order valence-corrected chi connectivity index (χ3v) is 4.82. The average Bonchev–Trinajstić information content (AvgIpc) is 2.72. The Labute approximate surface area is 167 Å². The number of rotatable bonds is 7. The van der Waals surface area contributed by atoms with Gasteiger partial charge in [0.2, 0.25) is 0 Å². The lowest BCUT2D eigenvalue weighted by atomic mass is 9.98. The SMILES string of the molecule is CC[C@H](Oc1ccc(C)cc1C)C(=O)NC(c1ccccc1)c1ccccc1. The smallest absolute Gasteiger partial charge is 0.261 e. The first kappa shape index (κ1) is 19.7. The maximum Gasteiger partial charge on any atom is 0.261 e. The van der Waals surface area contributed by atoms with E-state index in [2.05, 4.69) is 11.4 Å². The number of aryl methyl sites for hydroxylation is 2. The van der Waals surface area contributed by atoms with Crippen LogP contribution in [0.3, 0.4) is 0 Å². The Morgan fingerprint density at radius 2 is 1.46 bits per heavy atom. The summed E-state index contributed by atoms with van der Waals surface area (Å²) in [7, 11) is 0. The van der Waals surface area contributed by atoms with Crippen molar-refractivity contribution in [2.75, 3.05) is 0 Å². The van der Waals surface area contributed by atoms with E-state index in [0.717, 1.165) is 22.4 Å². The highest BCUT2D eigenvalue weighted by molar-refractivity contribution is 5.82. The van der Waals surface area contributed by atoms with Crippen molar-refractivity contribution in [1.82, 2.24) is 5.32 Å². The predicted octanol–water partition coefficient (Wildman–Crippen LogP) is 5.37. The van der Waals surface area contributed by atoms with Gasteiger partial charge in [0.15, 0.2) is 6.10 Å². The van der Waals surface area contributed by atoms with Gasteiger partial charge in [-0.2, -0.15) is 0 Å². The minimum absolute atomic E-state index is 0.111. The summed E-state index contributed by atoms with van der Waals surface area (Å²) >= 11 is 0. The fourth-order valence-corrected chi connectivity index (χ4v) is 3.29. The molecule has 0 heterocycles. The summed E-state index contributed by atoms with van der Waals surface area (Å²) < 4.78 is 6.07. The van der Waals surface area contributed by atoms with Crippen LogP contribution in [-0.2, 0) is 4.79 Å². The van der Waals surface area contributed by atoms with Crippen molar-refractivity contribution in [3.8, 4) is 5.75 Å². The first-order valence-corrected chi connectivity index (χ1v) is 9.72. The van der Waals surface area contributed by atoms with Gasteiger partial charge in [0.1, 0.15) is 5.75 Å². The van der Waals surface area contributed by atoms with Crippen LogP contribution in [0.1, 0.15) is 41.6 Å². The Morgan fingerprint density at radius 1 is 0.893 bits per heavy atom. The van der Waals surface area contributed by atoms with Gasteiger partial charge in [0.05, 0.1) is 6.04 Å². The van der Waals surface area contributed by atoms with Crippen LogP contribution >= 0.6 is 0 Å². The second-order valence-electron chi connectivity index (χ2n) is 7.05. The fourth-order valence-electron chi connectivity index (χ4n) is 3.29. The molecule has 3 aromatic carbocycles. The number of amides is 1. The van der Waals surface area contributed by atoms with E-state index in [1.165, 1.54) is 5.56 Å². The van der Waals surface area contributed by atoms with E-state index >= 15 is 0 Å². The molecule has 0 fully saturated rings. The van der Waals surface area contributed by atoms with Crippen molar-refractivity contribution in [3.05, 3.63) is 101 Å². The lowest BCUT2D eigenvalue weighted by molar-refractivity contribution is -0.128. The Kier molecular flexibility index (Phi) is 6.49. The van der Waals surface area contributed by atoms with Gasteiger partial charge < -0.3 is 10.1 Å². The molecule has 0 aliphatic rings. The second kappa shape index (κ2) is 9.23. The summed E-state index contributed by atoms with van der Waals surface area (Å²) in [5.74, 6) is 0.642. The van der Waals surface area contributed by atoms with Crippen LogP contribution in [0, 0.1) is 13.8 Å². The molecule has 0 aliphatic heterocycles. The van der Waals surface area contributed by atoms with Crippen molar-refractivity contribution in [2.24, 2.45) is 0 Å². The van der Waals surface area contributed by atoms with Crippen LogP contribution in [0.5, 0.6) is 5.75 Å². The molecule has 3 nitrogen and oxygen atoms in total. The molecule has 0 unspecified atom stereocenters. The highest BCUT2D eigenvalue weighted by atomic mass is 16.5. The molecule has 0 bridgehead atoms. The molecule has 0 saturated carbocycles. The Bertz CT molecular complexity index is 867. The summed E-state index contributed by atoms with van der Waals surface area (Å²) in [6, 6.07) is 25.8. The number of carbonyl (C=O) groups excluding carboxylic acids is 1. The monoisotopic (exact) mass is 373 g/mol. The third-order valence-electron chi connectivity index (χ3n) is 4.82. The van der Waals surface area contributed by atoms with E-state index in [4.69, 9.17) is 4.74 Å². The largest absolute Gasteiger partial charge is 0.480 e. The minimum Gasteiger partial charge on any atom is -0.480 e. The highest BCUT2D eigenvalue weighted by Crippen LogP contribution is 2.24. The van der Waals surface area contributed by atoms with Crippen molar-refractivity contribution in [1.29, 1.82) is 0 Å². The fraction of sp³-hybridized carbons (Fsp3) is 0.240. The number of hydrogen-bond acceptors (Lipinski definition) is 2. The van der Waals surface area contributed by atoms with E-state index in [1.807, 2.05) is 93.6 Å². The van der Waals surface area contributed by atoms with E-state index in [0.29, 0.717) is 6.42 Å². The van der Waals surface area contributed by atoms with Crippen molar-refractivity contribution in [3.63, 3.8) is 0 Å². The molecule has 3 aromatic rings. The van der Waals surface area contributed by atoms with Crippen molar-refractivity contribution >= 4 is 5.91 Å². The summed E-state index contributed by atoms with van der Waals surface area (Å²) in [5.41, 5.74) is 4.30. The number of carbonyl (C=O) groups is 1. The molecule has 0 saturated heterocycles. The maximum atomic E-state index is 13.1. The number of hydrogen-bond donors (Lipinski definition) is 1. The first-order chi connectivity index (χ1) is 13.6. The molecule has 3 rings (SSSR count). The van der Waals surface area contributed by atoms with Crippen LogP contribution in [0.2, 0.25) is 0 Å². The van der Waals surface area contributed by atoms with Crippen LogP contribution < -0.4 is 10.1 Å². The molecule has 0 spiro atoms. The van der Waals surface area contributed by atoms with Gasteiger partial charge in [-0.25, -0.2) is 0 Å². The molecule has 0 radical (unpaired) electrons. The maximum absolute atomic E-state index is 13.1. The Morgan fingerprint density at radius 3 is 1.96 bits per heavy atom. The normalized spacial score (nSPS) is 11.9. The lowest BCUT2D eigenvalue weighted by Gasteiger charge is -2.24. The average molecular weight is 373 g/mol. The molecular weight excluding hydrogens is 346 g/mol. The molecule has 0 aliphatic carbocycles. The molecule has 144 valence electrons. The molecule has 0 aromatic heterocycles. The van der Waals surface area contributed by atoms with Gasteiger partial charge in [-0.15, -0.1) is 0 Å². The summed E-state index contributed by atoms with van der Waals surface area (Å²) in [6.45, 7) is 6.02. The molecule has 28 heavy (non-hydrogen) atoms. The molecule has 1 atom stereocenters. The van der Waals surface area contributed by atoms with Crippen LogP contribution in [0.25, 0.3) is 0 Å². The summed E-state index contributed by atoms with van der Waals surface area (Å²) in [6.07, 6.45) is 0.0476. The molecule has 3 heteroatoms. The molecule has 1 amide bonds. The zero-order chi connectivity index (χ0) is 19.9. The Balaban J connectivity index is 1.82.